The molecule has 0 unspecified atom stereocenters. The predicted octanol–water partition coefficient (Wildman–Crippen LogP) is 1.43. The number of carbonyl (C=O) groups is 1. The minimum atomic E-state index is -0.816. The highest BCUT2D eigenvalue weighted by Gasteiger charge is 2.35. The molecular weight excluding hydrogens is 170 g/mol. The summed E-state index contributed by atoms with van der Waals surface area (Å²) in [7, 11) is 1.35. The van der Waals surface area contributed by atoms with Gasteiger partial charge < -0.3 is 9.15 Å². The third kappa shape index (κ3) is 1.71. The van der Waals surface area contributed by atoms with E-state index in [-0.39, 0.29) is 5.97 Å². The number of aryl methyl sites for hydroxylation is 1. The Labute approximate surface area is 76.9 Å². The Kier molecular flexibility index (Phi) is 2.40. The lowest BCUT2D eigenvalue weighted by molar-refractivity contribution is -0.147. The first kappa shape index (κ1) is 9.77. The van der Waals surface area contributed by atoms with E-state index in [4.69, 9.17) is 4.42 Å². The highest BCUT2D eigenvalue weighted by Crippen LogP contribution is 2.23. The number of ether oxygens (including phenoxy) is 1. The summed E-state index contributed by atoms with van der Waals surface area (Å²) < 4.78 is 9.90. The fourth-order valence-corrected chi connectivity index (χ4v) is 0.986. The van der Waals surface area contributed by atoms with E-state index in [9.17, 15) is 4.79 Å². The smallest absolute Gasteiger partial charge is 0.320 e. The van der Waals surface area contributed by atoms with Crippen LogP contribution in [0, 0.1) is 6.92 Å². The summed E-state index contributed by atoms with van der Waals surface area (Å²) in [5, 5.41) is 0. The quantitative estimate of drug-likeness (QED) is 0.651. The van der Waals surface area contributed by atoms with Gasteiger partial charge in [-0.25, -0.2) is 4.98 Å². The Hall–Kier alpha value is -1.32. The van der Waals surface area contributed by atoms with Crippen molar-refractivity contribution in [3.8, 4) is 0 Å². The van der Waals surface area contributed by atoms with Crippen LogP contribution in [0.3, 0.4) is 0 Å². The van der Waals surface area contributed by atoms with Crippen LogP contribution in [-0.2, 0) is 14.9 Å². The van der Waals surface area contributed by atoms with E-state index in [0.29, 0.717) is 11.7 Å². The number of oxazole rings is 1. The van der Waals surface area contributed by atoms with Crippen LogP contribution in [0.2, 0.25) is 0 Å². The summed E-state index contributed by atoms with van der Waals surface area (Å²) in [4.78, 5) is 15.3. The van der Waals surface area contributed by atoms with Crippen molar-refractivity contribution >= 4 is 5.97 Å². The van der Waals surface area contributed by atoms with Crippen molar-refractivity contribution in [2.24, 2.45) is 0 Å². The van der Waals surface area contributed by atoms with Crippen LogP contribution in [0.4, 0.5) is 0 Å². The molecular formula is C9H13NO3. The van der Waals surface area contributed by atoms with E-state index in [0.717, 1.165) is 0 Å². The third-order valence-electron chi connectivity index (χ3n) is 1.85. The van der Waals surface area contributed by atoms with Gasteiger partial charge in [-0.3, -0.25) is 4.79 Å². The third-order valence-corrected chi connectivity index (χ3v) is 1.85. The average molecular weight is 183 g/mol. The second-order valence-corrected chi connectivity index (χ2v) is 3.39. The van der Waals surface area contributed by atoms with Gasteiger partial charge in [0.15, 0.2) is 0 Å². The topological polar surface area (TPSA) is 52.3 Å². The summed E-state index contributed by atoms with van der Waals surface area (Å²) in [6.45, 7) is 5.21. The van der Waals surface area contributed by atoms with Gasteiger partial charge in [0.05, 0.1) is 13.3 Å². The van der Waals surface area contributed by atoms with E-state index in [1.807, 2.05) is 0 Å². The number of carbonyl (C=O) groups excluding carboxylic acids is 1. The van der Waals surface area contributed by atoms with Gasteiger partial charge in [-0.1, -0.05) is 0 Å². The Bertz CT molecular complexity index is 314. The van der Waals surface area contributed by atoms with Gasteiger partial charge in [0.2, 0.25) is 5.89 Å². The molecule has 0 radical (unpaired) electrons. The van der Waals surface area contributed by atoms with Crippen molar-refractivity contribution in [3.05, 3.63) is 17.8 Å². The maximum Gasteiger partial charge on any atom is 0.320 e. The molecule has 0 aliphatic rings. The zero-order valence-electron chi connectivity index (χ0n) is 8.25. The zero-order valence-corrected chi connectivity index (χ0v) is 8.25. The van der Waals surface area contributed by atoms with E-state index in [1.54, 1.807) is 27.0 Å². The normalized spacial score (nSPS) is 11.4. The van der Waals surface area contributed by atoms with Crippen molar-refractivity contribution < 1.29 is 13.9 Å². The molecule has 0 bridgehead atoms. The molecule has 0 amide bonds. The Morgan fingerprint density at radius 2 is 2.23 bits per heavy atom. The first-order valence-corrected chi connectivity index (χ1v) is 4.00. The van der Waals surface area contributed by atoms with Crippen LogP contribution >= 0.6 is 0 Å². The first-order chi connectivity index (χ1) is 5.98. The molecule has 4 heteroatoms. The molecule has 0 fully saturated rings. The second-order valence-electron chi connectivity index (χ2n) is 3.39. The second kappa shape index (κ2) is 3.20. The van der Waals surface area contributed by atoms with E-state index < -0.39 is 5.41 Å². The van der Waals surface area contributed by atoms with Crippen molar-refractivity contribution in [1.29, 1.82) is 0 Å². The standard InChI is InChI=1S/C9H13NO3/c1-6-5-10-7(13-6)9(2,3)8(11)12-4/h5H,1-4H3. The molecule has 0 atom stereocenters. The van der Waals surface area contributed by atoms with Gasteiger partial charge in [0, 0.05) is 0 Å². The molecule has 0 N–H and O–H groups in total. The molecule has 13 heavy (non-hydrogen) atoms. The van der Waals surface area contributed by atoms with Crippen molar-refractivity contribution in [1.82, 2.24) is 4.98 Å². The molecule has 0 saturated heterocycles. The number of hydrogen-bond donors (Lipinski definition) is 0. The first-order valence-electron chi connectivity index (χ1n) is 4.00. The molecule has 72 valence electrons. The van der Waals surface area contributed by atoms with Gasteiger partial charge in [-0.15, -0.1) is 0 Å². The van der Waals surface area contributed by atoms with Crippen molar-refractivity contribution in [2.75, 3.05) is 7.11 Å². The number of methoxy groups -OCH3 is 1. The fourth-order valence-electron chi connectivity index (χ4n) is 0.986. The lowest BCUT2D eigenvalue weighted by Gasteiger charge is -2.16. The lowest BCUT2D eigenvalue weighted by atomic mass is 9.94. The number of nitrogens with zero attached hydrogens (tertiary/aromatic N) is 1. The molecule has 0 aliphatic carbocycles. The summed E-state index contributed by atoms with van der Waals surface area (Å²) in [6, 6.07) is 0. The van der Waals surface area contributed by atoms with E-state index >= 15 is 0 Å². The SMILES string of the molecule is COC(=O)C(C)(C)c1ncc(C)o1. The number of aromatic nitrogens is 1. The monoisotopic (exact) mass is 183 g/mol. The van der Waals surface area contributed by atoms with Gasteiger partial charge in [-0.2, -0.15) is 0 Å². The van der Waals surface area contributed by atoms with E-state index in [2.05, 4.69) is 9.72 Å². The number of rotatable bonds is 2. The minimum absolute atomic E-state index is 0.352. The van der Waals surface area contributed by atoms with Crippen LogP contribution in [0.15, 0.2) is 10.6 Å². The largest absolute Gasteiger partial charge is 0.468 e. The molecule has 1 aromatic heterocycles. The summed E-state index contributed by atoms with van der Waals surface area (Å²) in [6.07, 6.45) is 1.58. The van der Waals surface area contributed by atoms with Crippen LogP contribution in [0.5, 0.6) is 0 Å². The highest BCUT2D eigenvalue weighted by molar-refractivity contribution is 5.80. The Morgan fingerprint density at radius 3 is 2.62 bits per heavy atom. The van der Waals surface area contributed by atoms with Crippen LogP contribution in [0.25, 0.3) is 0 Å². The van der Waals surface area contributed by atoms with Gasteiger partial charge >= 0.3 is 5.97 Å². The minimum Gasteiger partial charge on any atom is -0.468 e. The number of esters is 1. The molecule has 0 aliphatic heterocycles. The van der Waals surface area contributed by atoms with Crippen LogP contribution in [0.1, 0.15) is 25.5 Å². The molecule has 1 heterocycles. The molecule has 4 nitrogen and oxygen atoms in total. The van der Waals surface area contributed by atoms with Gasteiger partial charge in [-0.05, 0) is 20.8 Å². The van der Waals surface area contributed by atoms with Crippen LogP contribution < -0.4 is 0 Å². The molecule has 1 rings (SSSR count). The predicted molar refractivity (Wildman–Crippen MR) is 46.3 cm³/mol. The Morgan fingerprint density at radius 1 is 1.62 bits per heavy atom. The average Bonchev–Trinajstić information content (AvgIpc) is 2.50. The fraction of sp³-hybridized carbons (Fsp3) is 0.556. The summed E-state index contributed by atoms with van der Waals surface area (Å²) >= 11 is 0. The summed E-state index contributed by atoms with van der Waals surface area (Å²) in [5.74, 6) is 0.721. The van der Waals surface area contributed by atoms with Gasteiger partial charge in [0.1, 0.15) is 11.2 Å². The zero-order chi connectivity index (χ0) is 10.1. The highest BCUT2D eigenvalue weighted by atomic mass is 16.5. The number of hydrogen-bond acceptors (Lipinski definition) is 4. The molecule has 1 aromatic rings. The molecule has 0 aromatic carbocycles. The molecule has 0 saturated carbocycles. The maximum atomic E-state index is 11.3. The van der Waals surface area contributed by atoms with Crippen LogP contribution in [-0.4, -0.2) is 18.1 Å². The molecule has 0 spiro atoms. The van der Waals surface area contributed by atoms with Gasteiger partial charge in [0.25, 0.3) is 0 Å². The maximum absolute atomic E-state index is 11.3. The van der Waals surface area contributed by atoms with Crippen molar-refractivity contribution in [3.63, 3.8) is 0 Å². The lowest BCUT2D eigenvalue weighted by Crippen LogP contribution is -2.30. The van der Waals surface area contributed by atoms with E-state index in [1.165, 1.54) is 7.11 Å². The Balaban J connectivity index is 2.99. The van der Waals surface area contributed by atoms with Crippen molar-refractivity contribution in [2.45, 2.75) is 26.2 Å². The summed E-state index contributed by atoms with van der Waals surface area (Å²) in [5.41, 5.74) is -0.816.